The van der Waals surface area contributed by atoms with E-state index in [2.05, 4.69) is 11.1 Å². The lowest BCUT2D eigenvalue weighted by molar-refractivity contribution is -0.144. The van der Waals surface area contributed by atoms with E-state index in [-0.39, 0.29) is 5.91 Å². The fourth-order valence-corrected chi connectivity index (χ4v) is 4.07. The Morgan fingerprint density at radius 2 is 2.12 bits per heavy atom. The fraction of sp³-hybridized carbons (Fsp3) is 0.588. The third kappa shape index (κ3) is 3.50. The number of anilines is 1. The Labute approximate surface area is 146 Å². The van der Waals surface area contributed by atoms with Gasteiger partial charge >= 0.3 is 0 Å². The molecule has 2 aliphatic heterocycles. The van der Waals surface area contributed by atoms with Gasteiger partial charge in [-0.1, -0.05) is 0 Å². The molecule has 0 aromatic carbocycles. The van der Waals surface area contributed by atoms with Crippen molar-refractivity contribution >= 4 is 23.5 Å². The molecule has 0 aliphatic carbocycles. The number of nitriles is 1. The highest BCUT2D eigenvalue weighted by atomic mass is 32.2. The lowest BCUT2D eigenvalue weighted by Gasteiger charge is -2.37. The van der Waals surface area contributed by atoms with E-state index >= 15 is 0 Å². The van der Waals surface area contributed by atoms with Gasteiger partial charge in [0, 0.05) is 36.8 Å². The third-order valence-electron chi connectivity index (χ3n) is 4.40. The van der Waals surface area contributed by atoms with E-state index < -0.39 is 6.10 Å². The Bertz CT molecular complexity index is 667. The minimum atomic E-state index is -0.476. The molecule has 2 aliphatic rings. The molecule has 0 bridgehead atoms. The number of aryl methyl sites for hydroxylation is 2. The van der Waals surface area contributed by atoms with Crippen LogP contribution in [-0.2, 0) is 9.53 Å². The molecule has 2 saturated heterocycles. The van der Waals surface area contributed by atoms with Crippen LogP contribution in [0.4, 0.5) is 5.82 Å². The largest absolute Gasteiger partial charge is 0.365 e. The van der Waals surface area contributed by atoms with E-state index in [1.807, 2.05) is 41.5 Å². The number of rotatable bonds is 2. The maximum Gasteiger partial charge on any atom is 0.253 e. The van der Waals surface area contributed by atoms with Crippen LogP contribution in [0.5, 0.6) is 0 Å². The van der Waals surface area contributed by atoms with Crippen LogP contribution < -0.4 is 4.90 Å². The zero-order valence-corrected chi connectivity index (χ0v) is 14.9. The van der Waals surface area contributed by atoms with Crippen molar-refractivity contribution in [3.63, 3.8) is 0 Å². The lowest BCUT2D eigenvalue weighted by Crippen LogP contribution is -2.53. The number of hydrogen-bond acceptors (Lipinski definition) is 6. The maximum atomic E-state index is 12.7. The van der Waals surface area contributed by atoms with E-state index in [1.165, 1.54) is 0 Å². The van der Waals surface area contributed by atoms with Crippen molar-refractivity contribution in [2.24, 2.45) is 0 Å². The second-order valence-corrected chi connectivity index (χ2v) is 7.36. The number of hydrogen-bond donors (Lipinski definition) is 0. The molecule has 1 aromatic heterocycles. The van der Waals surface area contributed by atoms with Crippen LogP contribution in [-0.4, -0.2) is 66.2 Å². The highest BCUT2D eigenvalue weighted by molar-refractivity contribution is 7.99. The summed E-state index contributed by atoms with van der Waals surface area (Å²) in [7, 11) is 0. The number of nitrogens with zero attached hydrogens (tertiary/aromatic N) is 4. The predicted molar refractivity (Wildman–Crippen MR) is 94.3 cm³/mol. The minimum Gasteiger partial charge on any atom is -0.365 e. The van der Waals surface area contributed by atoms with Gasteiger partial charge in [-0.2, -0.15) is 17.0 Å². The monoisotopic (exact) mass is 346 g/mol. The van der Waals surface area contributed by atoms with Gasteiger partial charge in [0.1, 0.15) is 11.9 Å². The molecule has 6 nitrogen and oxygen atoms in total. The zero-order chi connectivity index (χ0) is 17.1. The summed E-state index contributed by atoms with van der Waals surface area (Å²) >= 11 is 1.88. The highest BCUT2D eigenvalue weighted by Crippen LogP contribution is 2.24. The van der Waals surface area contributed by atoms with Crippen LogP contribution in [0.2, 0.25) is 0 Å². The summed E-state index contributed by atoms with van der Waals surface area (Å²) in [5, 5.41) is 9.47. The summed E-state index contributed by atoms with van der Waals surface area (Å²) < 4.78 is 5.73. The van der Waals surface area contributed by atoms with Gasteiger partial charge in [-0.15, -0.1) is 0 Å². The molecule has 3 rings (SSSR count). The molecular weight excluding hydrogens is 324 g/mol. The molecule has 1 aromatic rings. The molecule has 1 atom stereocenters. The third-order valence-corrected chi connectivity index (χ3v) is 5.34. The number of amides is 1. The fourth-order valence-electron chi connectivity index (χ4n) is 3.16. The molecular formula is C17H22N4O2S. The molecule has 1 unspecified atom stereocenters. The minimum absolute atomic E-state index is 0.0582. The molecule has 1 amide bonds. The van der Waals surface area contributed by atoms with Gasteiger partial charge in [0.25, 0.3) is 5.91 Å². The molecule has 7 heteroatoms. The number of pyridine rings is 1. The van der Waals surface area contributed by atoms with E-state index in [0.29, 0.717) is 31.1 Å². The summed E-state index contributed by atoms with van der Waals surface area (Å²) in [5.41, 5.74) is 2.38. The average Bonchev–Trinajstić information content (AvgIpc) is 2.61. The predicted octanol–water partition coefficient (Wildman–Crippen LogP) is 1.35. The number of carbonyl (C=O) groups excluding carboxylic acids is 1. The van der Waals surface area contributed by atoms with Crippen molar-refractivity contribution in [3.8, 4) is 6.07 Å². The van der Waals surface area contributed by atoms with E-state index in [4.69, 9.17) is 4.74 Å². The van der Waals surface area contributed by atoms with Crippen LogP contribution in [0, 0.1) is 25.2 Å². The van der Waals surface area contributed by atoms with Gasteiger partial charge in [-0.3, -0.25) is 4.79 Å². The molecule has 24 heavy (non-hydrogen) atoms. The van der Waals surface area contributed by atoms with Crippen LogP contribution in [0.15, 0.2) is 6.07 Å². The first-order valence-electron chi connectivity index (χ1n) is 8.21. The summed E-state index contributed by atoms with van der Waals surface area (Å²) in [5.74, 6) is 2.70. The Hall–Kier alpha value is -1.78. The van der Waals surface area contributed by atoms with Gasteiger partial charge in [0.05, 0.1) is 18.7 Å². The van der Waals surface area contributed by atoms with Crippen molar-refractivity contribution in [1.82, 2.24) is 9.88 Å². The van der Waals surface area contributed by atoms with Crippen LogP contribution in [0.3, 0.4) is 0 Å². The quantitative estimate of drug-likeness (QED) is 0.805. The van der Waals surface area contributed by atoms with E-state index in [1.54, 1.807) is 0 Å². The Morgan fingerprint density at radius 1 is 1.38 bits per heavy atom. The molecule has 0 radical (unpaired) electrons. The van der Waals surface area contributed by atoms with Gasteiger partial charge in [0.15, 0.2) is 6.10 Å². The van der Waals surface area contributed by atoms with Crippen molar-refractivity contribution in [3.05, 3.63) is 22.9 Å². The first-order chi connectivity index (χ1) is 11.6. The molecule has 128 valence electrons. The smallest absolute Gasteiger partial charge is 0.253 e. The number of ether oxygens (including phenoxy) is 1. The number of aromatic nitrogens is 1. The highest BCUT2D eigenvalue weighted by Gasteiger charge is 2.32. The van der Waals surface area contributed by atoms with Crippen molar-refractivity contribution in [1.29, 1.82) is 5.26 Å². The van der Waals surface area contributed by atoms with E-state index in [0.717, 1.165) is 35.9 Å². The zero-order valence-electron chi connectivity index (χ0n) is 14.1. The van der Waals surface area contributed by atoms with Crippen LogP contribution >= 0.6 is 11.8 Å². The molecule has 0 saturated carbocycles. The van der Waals surface area contributed by atoms with Gasteiger partial charge in [-0.25, -0.2) is 4.98 Å². The molecule has 3 heterocycles. The van der Waals surface area contributed by atoms with Gasteiger partial charge in [-0.05, 0) is 25.5 Å². The maximum absolute atomic E-state index is 12.7. The second-order valence-electron chi connectivity index (χ2n) is 6.13. The standard InChI is InChI=1S/C17H22N4O2S/c1-12-9-13(2)19-16(14(12)10-18)21-3-6-23-15(11-21)17(22)20-4-7-24-8-5-20/h9,15H,3-8,11H2,1-2H3. The Morgan fingerprint density at radius 3 is 2.83 bits per heavy atom. The summed E-state index contributed by atoms with van der Waals surface area (Å²) in [6.45, 7) is 6.98. The number of thioether (sulfide) groups is 1. The van der Waals surface area contributed by atoms with Gasteiger partial charge < -0.3 is 14.5 Å². The topological polar surface area (TPSA) is 69.5 Å². The number of morpholine rings is 1. The molecule has 0 spiro atoms. The first-order valence-corrected chi connectivity index (χ1v) is 9.37. The van der Waals surface area contributed by atoms with Crippen molar-refractivity contribution in [2.45, 2.75) is 20.0 Å². The Balaban J connectivity index is 1.79. The average molecular weight is 346 g/mol. The summed E-state index contributed by atoms with van der Waals surface area (Å²) in [6.07, 6.45) is -0.476. The second kappa shape index (κ2) is 7.41. The van der Waals surface area contributed by atoms with Crippen molar-refractivity contribution < 1.29 is 9.53 Å². The molecule has 0 N–H and O–H groups in total. The summed E-state index contributed by atoms with van der Waals surface area (Å²) in [4.78, 5) is 21.2. The van der Waals surface area contributed by atoms with Crippen LogP contribution in [0.1, 0.15) is 16.8 Å². The van der Waals surface area contributed by atoms with Crippen molar-refractivity contribution in [2.75, 3.05) is 49.2 Å². The normalized spacial score (nSPS) is 21.5. The SMILES string of the molecule is Cc1cc(C)c(C#N)c(N2CCOC(C(=O)N3CCSCC3)C2)n1. The summed E-state index contributed by atoms with van der Waals surface area (Å²) in [6, 6.07) is 4.17. The number of carbonyl (C=O) groups is 1. The molecule has 2 fully saturated rings. The first kappa shape index (κ1) is 17.1. The van der Waals surface area contributed by atoms with E-state index in [9.17, 15) is 10.1 Å². The van der Waals surface area contributed by atoms with Gasteiger partial charge in [0.2, 0.25) is 0 Å². The Kier molecular flexibility index (Phi) is 5.27. The lowest BCUT2D eigenvalue weighted by atomic mass is 10.1. The van der Waals surface area contributed by atoms with Crippen LogP contribution in [0.25, 0.3) is 0 Å².